The number of amidine groups is 1. The standard InChI is InChI=1S/C22H35N3O2/c1-7-21(23-6)25(19-9-8-12-24-17(19)5)14-22(26)27-20-13-16(4)10-11-18(20)15(2)3/h8-9,12,15-16,18,20H,7,10-11,13-14H2,1-6H3/b23-21+/t16-,18+,20-/m1/s1. The van der Waals surface area contributed by atoms with E-state index >= 15 is 0 Å². The summed E-state index contributed by atoms with van der Waals surface area (Å²) in [6.07, 6.45) is 5.84. The molecular weight excluding hydrogens is 338 g/mol. The fourth-order valence-corrected chi connectivity index (χ4v) is 4.13. The summed E-state index contributed by atoms with van der Waals surface area (Å²) in [5.74, 6) is 2.26. The summed E-state index contributed by atoms with van der Waals surface area (Å²) in [5.41, 5.74) is 1.79. The third-order valence-corrected chi connectivity index (χ3v) is 5.69. The van der Waals surface area contributed by atoms with Crippen LogP contribution < -0.4 is 4.90 Å². The third-order valence-electron chi connectivity index (χ3n) is 5.69. The van der Waals surface area contributed by atoms with Gasteiger partial charge in [0.2, 0.25) is 0 Å². The molecule has 150 valence electrons. The van der Waals surface area contributed by atoms with Crippen LogP contribution in [0.25, 0.3) is 0 Å². The first-order valence-electron chi connectivity index (χ1n) is 10.2. The number of rotatable bonds is 6. The van der Waals surface area contributed by atoms with Crippen LogP contribution in [0.4, 0.5) is 5.69 Å². The van der Waals surface area contributed by atoms with Crippen LogP contribution in [-0.2, 0) is 9.53 Å². The highest BCUT2D eigenvalue weighted by Gasteiger charge is 2.34. The van der Waals surface area contributed by atoms with Gasteiger partial charge in [-0.1, -0.05) is 34.1 Å². The van der Waals surface area contributed by atoms with Gasteiger partial charge in [0, 0.05) is 19.7 Å². The first-order valence-corrected chi connectivity index (χ1v) is 10.2. The van der Waals surface area contributed by atoms with Crippen LogP contribution in [0.5, 0.6) is 0 Å². The lowest BCUT2D eigenvalue weighted by Crippen LogP contribution is -2.41. The second-order valence-electron chi connectivity index (χ2n) is 8.04. The van der Waals surface area contributed by atoms with Crippen LogP contribution in [0.2, 0.25) is 0 Å². The van der Waals surface area contributed by atoms with Crippen LogP contribution in [-0.4, -0.2) is 36.5 Å². The summed E-state index contributed by atoms with van der Waals surface area (Å²) in [6, 6.07) is 3.87. The van der Waals surface area contributed by atoms with Gasteiger partial charge in [-0.25, -0.2) is 0 Å². The van der Waals surface area contributed by atoms with Crippen molar-refractivity contribution in [3.05, 3.63) is 24.0 Å². The topological polar surface area (TPSA) is 54.8 Å². The molecule has 0 radical (unpaired) electrons. The number of aromatic nitrogens is 1. The van der Waals surface area contributed by atoms with E-state index in [0.29, 0.717) is 17.8 Å². The number of nitrogens with zero attached hydrogens (tertiary/aromatic N) is 3. The zero-order valence-corrected chi connectivity index (χ0v) is 17.7. The molecule has 0 spiro atoms. The molecule has 5 heteroatoms. The van der Waals surface area contributed by atoms with Crippen LogP contribution in [0, 0.1) is 24.7 Å². The third kappa shape index (κ3) is 5.53. The molecule has 1 saturated carbocycles. The summed E-state index contributed by atoms with van der Waals surface area (Å²) in [5, 5.41) is 0. The van der Waals surface area contributed by atoms with Crippen molar-refractivity contribution < 1.29 is 9.53 Å². The van der Waals surface area contributed by atoms with E-state index in [9.17, 15) is 4.79 Å². The molecule has 0 unspecified atom stereocenters. The first-order chi connectivity index (χ1) is 12.9. The Labute approximate surface area is 164 Å². The molecule has 1 aromatic rings. The fourth-order valence-electron chi connectivity index (χ4n) is 4.13. The molecule has 1 heterocycles. The van der Waals surface area contributed by atoms with Crippen LogP contribution in [0.3, 0.4) is 0 Å². The lowest BCUT2D eigenvalue weighted by atomic mass is 9.75. The molecule has 1 aliphatic carbocycles. The Kier molecular flexibility index (Phi) is 7.81. The van der Waals surface area contributed by atoms with E-state index in [2.05, 4.69) is 30.7 Å². The molecule has 0 amide bonds. The molecule has 1 fully saturated rings. The average Bonchev–Trinajstić information content (AvgIpc) is 2.62. The van der Waals surface area contributed by atoms with Gasteiger partial charge in [-0.3, -0.25) is 14.8 Å². The van der Waals surface area contributed by atoms with E-state index in [-0.39, 0.29) is 18.6 Å². The number of ether oxygens (including phenoxy) is 1. The second-order valence-corrected chi connectivity index (χ2v) is 8.04. The summed E-state index contributed by atoms with van der Waals surface area (Å²) >= 11 is 0. The summed E-state index contributed by atoms with van der Waals surface area (Å²) in [6.45, 7) is 10.9. The molecule has 2 rings (SSSR count). The number of carbonyl (C=O) groups is 1. The Bertz CT molecular complexity index is 657. The maximum atomic E-state index is 12.9. The van der Waals surface area contributed by atoms with Crippen molar-refractivity contribution in [3.8, 4) is 0 Å². The van der Waals surface area contributed by atoms with Crippen molar-refractivity contribution in [2.75, 3.05) is 18.5 Å². The van der Waals surface area contributed by atoms with Crippen LogP contribution >= 0.6 is 0 Å². The number of esters is 1. The number of pyridine rings is 1. The van der Waals surface area contributed by atoms with E-state index in [1.165, 1.54) is 6.42 Å². The largest absolute Gasteiger partial charge is 0.461 e. The summed E-state index contributed by atoms with van der Waals surface area (Å²) in [4.78, 5) is 23.6. The zero-order valence-electron chi connectivity index (χ0n) is 17.7. The number of carbonyl (C=O) groups excluding carboxylic acids is 1. The van der Waals surface area contributed by atoms with Crippen LogP contribution in [0.15, 0.2) is 23.3 Å². The number of hydrogen-bond donors (Lipinski definition) is 0. The molecule has 0 N–H and O–H groups in total. The maximum absolute atomic E-state index is 12.9. The van der Waals surface area contributed by atoms with Crippen molar-refractivity contribution in [1.29, 1.82) is 0 Å². The lowest BCUT2D eigenvalue weighted by molar-refractivity contribution is -0.154. The fraction of sp³-hybridized carbons (Fsp3) is 0.682. The predicted molar refractivity (Wildman–Crippen MR) is 111 cm³/mol. The molecule has 27 heavy (non-hydrogen) atoms. The minimum atomic E-state index is -0.183. The summed E-state index contributed by atoms with van der Waals surface area (Å²) in [7, 11) is 1.76. The number of aryl methyl sites for hydroxylation is 1. The number of hydrogen-bond acceptors (Lipinski definition) is 4. The highest BCUT2D eigenvalue weighted by Crippen LogP contribution is 2.35. The molecular formula is C22H35N3O2. The van der Waals surface area contributed by atoms with Gasteiger partial charge >= 0.3 is 5.97 Å². The van der Waals surface area contributed by atoms with Crippen LogP contribution in [0.1, 0.15) is 59.1 Å². The van der Waals surface area contributed by atoms with Crippen molar-refractivity contribution in [1.82, 2.24) is 4.98 Å². The molecule has 1 aromatic heterocycles. The van der Waals surface area contributed by atoms with E-state index in [1.54, 1.807) is 13.2 Å². The summed E-state index contributed by atoms with van der Waals surface area (Å²) < 4.78 is 6.01. The molecule has 0 saturated heterocycles. The first kappa shape index (κ1) is 21.4. The van der Waals surface area contributed by atoms with Crippen molar-refractivity contribution >= 4 is 17.5 Å². The monoisotopic (exact) mass is 373 g/mol. The average molecular weight is 374 g/mol. The molecule has 0 aromatic carbocycles. The van der Waals surface area contributed by atoms with Crippen molar-refractivity contribution in [2.45, 2.75) is 66.4 Å². The molecule has 3 atom stereocenters. The van der Waals surface area contributed by atoms with Gasteiger partial charge < -0.3 is 9.64 Å². The molecule has 5 nitrogen and oxygen atoms in total. The Morgan fingerprint density at radius 2 is 2.15 bits per heavy atom. The van der Waals surface area contributed by atoms with Gasteiger partial charge in [-0.05, 0) is 49.7 Å². The lowest BCUT2D eigenvalue weighted by Gasteiger charge is -2.37. The quantitative estimate of drug-likeness (QED) is 0.414. The van der Waals surface area contributed by atoms with E-state index in [1.807, 2.05) is 30.9 Å². The Morgan fingerprint density at radius 1 is 1.41 bits per heavy atom. The maximum Gasteiger partial charge on any atom is 0.326 e. The number of aliphatic imine (C=N–C) groups is 1. The van der Waals surface area contributed by atoms with E-state index in [0.717, 1.165) is 36.5 Å². The van der Waals surface area contributed by atoms with Gasteiger partial charge in [0.25, 0.3) is 0 Å². The highest BCUT2D eigenvalue weighted by atomic mass is 16.5. The molecule has 0 aliphatic heterocycles. The smallest absolute Gasteiger partial charge is 0.326 e. The van der Waals surface area contributed by atoms with Gasteiger partial charge in [0.1, 0.15) is 18.5 Å². The second kappa shape index (κ2) is 9.86. The zero-order chi connectivity index (χ0) is 20.0. The van der Waals surface area contributed by atoms with Gasteiger partial charge in [-0.2, -0.15) is 0 Å². The highest BCUT2D eigenvalue weighted by molar-refractivity contribution is 6.01. The van der Waals surface area contributed by atoms with E-state index < -0.39 is 0 Å². The molecule has 0 bridgehead atoms. The number of anilines is 1. The Balaban J connectivity index is 2.17. The van der Waals surface area contributed by atoms with Gasteiger partial charge in [0.05, 0.1) is 11.4 Å². The van der Waals surface area contributed by atoms with E-state index in [4.69, 9.17) is 4.74 Å². The normalized spacial score (nSPS) is 23.4. The Morgan fingerprint density at radius 3 is 2.74 bits per heavy atom. The molecule has 1 aliphatic rings. The SMILES string of the molecule is CC/C(=N\C)N(CC(=O)O[C@@H]1C[C@H](C)CC[C@H]1C(C)C)c1cccnc1C. The van der Waals surface area contributed by atoms with Gasteiger partial charge in [-0.15, -0.1) is 0 Å². The predicted octanol–water partition coefficient (Wildman–Crippen LogP) is 4.64. The Hall–Kier alpha value is -1.91. The minimum Gasteiger partial charge on any atom is -0.461 e. The van der Waals surface area contributed by atoms with Crippen molar-refractivity contribution in [2.24, 2.45) is 22.7 Å². The minimum absolute atomic E-state index is 0.0155. The van der Waals surface area contributed by atoms with Crippen molar-refractivity contribution in [3.63, 3.8) is 0 Å². The van der Waals surface area contributed by atoms with Gasteiger partial charge in [0.15, 0.2) is 0 Å².